The molecule has 2 atom stereocenters. The van der Waals surface area contributed by atoms with Crippen LogP contribution in [-0.4, -0.2) is 33.8 Å². The van der Waals surface area contributed by atoms with Crippen molar-refractivity contribution in [1.29, 1.82) is 0 Å². The van der Waals surface area contributed by atoms with Crippen LogP contribution in [0.3, 0.4) is 0 Å². The molecular weight excluding hydrogens is 509 g/mol. The third-order valence-electron chi connectivity index (χ3n) is 6.83. The highest BCUT2D eigenvalue weighted by atomic mass is 19.4. The third-order valence-corrected chi connectivity index (χ3v) is 6.83. The van der Waals surface area contributed by atoms with Gasteiger partial charge in [0.05, 0.1) is 6.04 Å². The summed E-state index contributed by atoms with van der Waals surface area (Å²) < 4.78 is 45.9. The summed E-state index contributed by atoms with van der Waals surface area (Å²) in [6, 6.07) is 19.2. The number of halogens is 3. The van der Waals surface area contributed by atoms with E-state index < -0.39 is 18.2 Å². The van der Waals surface area contributed by atoms with Crippen LogP contribution < -0.4 is 10.1 Å². The average molecular weight is 539 g/mol. The number of carbonyl (C=O) groups is 2. The Hall–Kier alpha value is -4.27. The van der Waals surface area contributed by atoms with E-state index in [9.17, 15) is 22.8 Å². The van der Waals surface area contributed by atoms with Gasteiger partial charge in [0.15, 0.2) is 0 Å². The van der Waals surface area contributed by atoms with Gasteiger partial charge in [0.25, 0.3) is 12.0 Å². The Morgan fingerprint density at radius 3 is 2.41 bits per heavy atom. The van der Waals surface area contributed by atoms with Gasteiger partial charge in [-0.2, -0.15) is 13.2 Å². The maximum atomic E-state index is 13.1. The first-order valence-electron chi connectivity index (χ1n) is 12.4. The lowest BCUT2D eigenvalue weighted by Gasteiger charge is -2.18. The maximum absolute atomic E-state index is 13.1. The molecule has 2 N–H and O–H groups in total. The monoisotopic (exact) mass is 538 g/mol. The molecule has 1 heterocycles. The minimum Gasteiger partial charge on any atom is -0.478 e. The van der Waals surface area contributed by atoms with Crippen molar-refractivity contribution in [3.05, 3.63) is 100 Å². The summed E-state index contributed by atoms with van der Waals surface area (Å²) in [6.45, 7) is 5.86. The number of rotatable bonds is 8. The SMILES string of the molecule is Cc1cccc([C@H](C)NC(=O)c2ccc3c(Cc4cccc(OC(C(=O)O)C(F)(F)F)c4)c(C)n(C)c3c2)c1. The van der Waals surface area contributed by atoms with Crippen molar-refractivity contribution in [3.63, 3.8) is 0 Å². The van der Waals surface area contributed by atoms with Crippen LogP contribution in [-0.2, 0) is 18.3 Å². The number of fused-ring (bicyclic) bond motifs is 1. The topological polar surface area (TPSA) is 80.6 Å². The van der Waals surface area contributed by atoms with Gasteiger partial charge in [-0.15, -0.1) is 0 Å². The van der Waals surface area contributed by atoms with E-state index in [1.54, 1.807) is 12.1 Å². The summed E-state index contributed by atoms with van der Waals surface area (Å²) in [5, 5.41) is 12.9. The molecule has 1 amide bonds. The molecule has 1 unspecified atom stereocenters. The fourth-order valence-corrected chi connectivity index (χ4v) is 4.64. The smallest absolute Gasteiger partial charge is 0.436 e. The predicted molar refractivity (Wildman–Crippen MR) is 142 cm³/mol. The second-order valence-corrected chi connectivity index (χ2v) is 9.67. The lowest BCUT2D eigenvalue weighted by atomic mass is 10.0. The zero-order chi connectivity index (χ0) is 28.5. The summed E-state index contributed by atoms with van der Waals surface area (Å²) in [7, 11) is 1.89. The second kappa shape index (κ2) is 10.8. The van der Waals surface area contributed by atoms with Gasteiger partial charge in [-0.25, -0.2) is 4.79 Å². The van der Waals surface area contributed by atoms with Crippen LogP contribution in [0.1, 0.15) is 51.3 Å². The maximum Gasteiger partial charge on any atom is 0.436 e. The summed E-state index contributed by atoms with van der Waals surface area (Å²) in [6.07, 6.45) is -7.62. The highest BCUT2D eigenvalue weighted by Gasteiger charge is 2.47. The van der Waals surface area contributed by atoms with E-state index in [0.29, 0.717) is 17.5 Å². The number of carboxylic acids is 1. The van der Waals surface area contributed by atoms with Crippen LogP contribution in [0, 0.1) is 13.8 Å². The molecule has 39 heavy (non-hydrogen) atoms. The second-order valence-electron chi connectivity index (χ2n) is 9.67. The Kier molecular flexibility index (Phi) is 7.72. The first kappa shape index (κ1) is 27.8. The van der Waals surface area contributed by atoms with Crippen molar-refractivity contribution in [3.8, 4) is 5.75 Å². The van der Waals surface area contributed by atoms with Gasteiger partial charge >= 0.3 is 12.1 Å². The van der Waals surface area contributed by atoms with Gasteiger partial charge in [0, 0.05) is 29.2 Å². The molecule has 0 fully saturated rings. The lowest BCUT2D eigenvalue weighted by molar-refractivity contribution is -0.207. The van der Waals surface area contributed by atoms with Crippen LogP contribution in [0.5, 0.6) is 5.75 Å². The molecule has 0 aliphatic heterocycles. The minimum atomic E-state index is -5.05. The Morgan fingerprint density at radius 1 is 1.03 bits per heavy atom. The zero-order valence-corrected chi connectivity index (χ0v) is 22.0. The summed E-state index contributed by atoms with van der Waals surface area (Å²) in [5.74, 6) is -2.49. The number of aliphatic carboxylic acids is 1. The van der Waals surface area contributed by atoms with E-state index in [2.05, 4.69) is 5.32 Å². The molecule has 4 aromatic rings. The predicted octanol–water partition coefficient (Wildman–Crippen LogP) is 6.27. The molecule has 0 saturated heterocycles. The molecule has 0 saturated carbocycles. The number of nitrogens with one attached hydrogen (secondary N) is 1. The highest BCUT2D eigenvalue weighted by molar-refractivity contribution is 5.99. The van der Waals surface area contributed by atoms with Crippen LogP contribution in [0.4, 0.5) is 13.2 Å². The van der Waals surface area contributed by atoms with Crippen molar-refractivity contribution in [2.75, 3.05) is 0 Å². The van der Waals surface area contributed by atoms with Crippen LogP contribution in [0.15, 0.2) is 66.7 Å². The number of alkyl halides is 3. The Morgan fingerprint density at radius 2 is 1.74 bits per heavy atom. The van der Waals surface area contributed by atoms with Gasteiger partial charge in [-0.05, 0) is 68.1 Å². The van der Waals surface area contributed by atoms with Crippen LogP contribution in [0.2, 0.25) is 0 Å². The number of aromatic nitrogens is 1. The molecule has 9 heteroatoms. The number of hydrogen-bond acceptors (Lipinski definition) is 3. The quantitative estimate of drug-likeness (QED) is 0.277. The van der Waals surface area contributed by atoms with Gasteiger partial charge in [0.2, 0.25) is 0 Å². The number of amides is 1. The first-order valence-corrected chi connectivity index (χ1v) is 12.4. The normalized spacial score (nSPS) is 13.2. The summed E-state index contributed by atoms with van der Waals surface area (Å²) in [5.41, 5.74) is 6.00. The molecular formula is C30H29F3N2O4. The molecule has 0 spiro atoms. The largest absolute Gasteiger partial charge is 0.478 e. The number of ether oxygens (including phenoxy) is 1. The number of carbonyl (C=O) groups excluding carboxylic acids is 1. The molecule has 0 radical (unpaired) electrons. The molecule has 3 aromatic carbocycles. The average Bonchev–Trinajstić information content (AvgIpc) is 3.11. The van der Waals surface area contributed by atoms with E-state index in [4.69, 9.17) is 9.84 Å². The van der Waals surface area contributed by atoms with Gasteiger partial charge < -0.3 is 19.7 Å². The molecule has 204 valence electrons. The number of carboxylic acid groups (broad SMARTS) is 1. The number of aryl methyl sites for hydroxylation is 2. The van der Waals surface area contributed by atoms with Gasteiger partial charge in [0.1, 0.15) is 5.75 Å². The minimum absolute atomic E-state index is 0.175. The number of benzene rings is 3. The molecule has 0 bridgehead atoms. The zero-order valence-electron chi connectivity index (χ0n) is 22.0. The van der Waals surface area contributed by atoms with Gasteiger partial charge in [-0.1, -0.05) is 48.0 Å². The number of nitrogens with zero attached hydrogens (tertiary/aromatic N) is 1. The Bertz CT molecular complexity index is 1540. The first-order chi connectivity index (χ1) is 18.3. The van der Waals surface area contributed by atoms with E-state index in [1.807, 2.05) is 68.8 Å². The summed E-state index contributed by atoms with van der Waals surface area (Å²) >= 11 is 0. The molecule has 0 aliphatic rings. The molecule has 1 aromatic heterocycles. The van der Waals surface area contributed by atoms with E-state index in [-0.39, 0.29) is 17.7 Å². The third kappa shape index (κ3) is 6.08. The van der Waals surface area contributed by atoms with Crippen LogP contribution >= 0.6 is 0 Å². The van der Waals surface area contributed by atoms with E-state index in [0.717, 1.165) is 33.3 Å². The lowest BCUT2D eigenvalue weighted by Crippen LogP contribution is -2.41. The fraction of sp³-hybridized carbons (Fsp3) is 0.267. The standard InChI is InChI=1S/C30H29F3N2O4/c1-17-7-5-9-21(13-17)18(2)34-28(36)22-11-12-24-25(19(3)35(4)26(24)16-22)15-20-8-6-10-23(14-20)39-27(29(37)38)30(31,32)33/h5-14,16,18,27H,15H2,1-4H3,(H,34,36)(H,37,38)/t18-,27?/m0/s1. The summed E-state index contributed by atoms with van der Waals surface area (Å²) in [4.78, 5) is 24.1. The van der Waals surface area contributed by atoms with Crippen molar-refractivity contribution in [2.24, 2.45) is 7.05 Å². The van der Waals surface area contributed by atoms with Crippen molar-refractivity contribution >= 4 is 22.8 Å². The van der Waals surface area contributed by atoms with Crippen molar-refractivity contribution < 1.29 is 32.6 Å². The molecule has 6 nitrogen and oxygen atoms in total. The molecule has 4 rings (SSSR count). The van der Waals surface area contributed by atoms with E-state index >= 15 is 0 Å². The Labute approximate surface area is 224 Å². The van der Waals surface area contributed by atoms with Gasteiger partial charge in [-0.3, -0.25) is 4.79 Å². The molecule has 0 aliphatic carbocycles. The number of hydrogen-bond donors (Lipinski definition) is 2. The Balaban J connectivity index is 1.58. The van der Waals surface area contributed by atoms with Crippen LogP contribution in [0.25, 0.3) is 10.9 Å². The van der Waals surface area contributed by atoms with E-state index in [1.165, 1.54) is 18.2 Å². The highest BCUT2D eigenvalue weighted by Crippen LogP contribution is 2.30. The van der Waals surface area contributed by atoms with Crippen molar-refractivity contribution in [2.45, 2.75) is 45.5 Å². The van der Waals surface area contributed by atoms with Crippen molar-refractivity contribution in [1.82, 2.24) is 9.88 Å². The fourth-order valence-electron chi connectivity index (χ4n) is 4.64.